The number of benzene rings is 4. The van der Waals surface area contributed by atoms with Crippen LogP contribution >= 0.6 is 24.8 Å². The van der Waals surface area contributed by atoms with Crippen LogP contribution in [-0.2, 0) is 25.7 Å². The summed E-state index contributed by atoms with van der Waals surface area (Å²) >= 11 is 0. The fourth-order valence-electron chi connectivity index (χ4n) is 7.25. The predicted octanol–water partition coefficient (Wildman–Crippen LogP) is 6.91. The van der Waals surface area contributed by atoms with Crippen LogP contribution in [0.2, 0.25) is 0 Å². The smallest absolute Gasteiger partial charge is 0.169 e. The third-order valence-electron chi connectivity index (χ3n) is 9.98. The molecule has 0 radical (unpaired) electrons. The molecule has 4 aliphatic rings. The number of phenolic OH excluding ortho intramolecular Hbond substituents is 1. The Balaban J connectivity index is 0.00000217. The van der Waals surface area contributed by atoms with Crippen LogP contribution in [0.25, 0.3) is 0 Å². The summed E-state index contributed by atoms with van der Waals surface area (Å²) in [5.41, 5.74) is 6.51. The van der Waals surface area contributed by atoms with Gasteiger partial charge in [0.15, 0.2) is 23.0 Å². The molecular formula is C37H42Cl2N2O6. The largest absolute Gasteiger partial charge is 0.867 e. The summed E-state index contributed by atoms with van der Waals surface area (Å²) < 4.78 is 25.0. The number of nitrogens with zero attached hydrogens (tertiary/aromatic N) is 2. The van der Waals surface area contributed by atoms with Crippen LogP contribution < -0.4 is 24.1 Å². The molecule has 1 N–H and O–H groups in total. The monoisotopic (exact) mass is 680 g/mol. The SMILES string of the molecule is COc1cc2c3cc1Oc1cc(ccc1O)CC1c4c(cc(OC)c([O-])c4Oc4ccc(cc4)C[C@@H]3N(C)CC2)CC[N+]1(C)C.Cl.Cl. The van der Waals surface area contributed by atoms with E-state index in [0.29, 0.717) is 45.4 Å². The van der Waals surface area contributed by atoms with Crippen molar-refractivity contribution in [3.05, 3.63) is 94.0 Å². The van der Waals surface area contributed by atoms with Crippen LogP contribution in [0.4, 0.5) is 0 Å². The summed E-state index contributed by atoms with van der Waals surface area (Å²) in [5, 5.41) is 24.8. The number of hydrogen-bond donors (Lipinski definition) is 1. The molecule has 2 atom stereocenters. The normalized spacial score (nSPS) is 19.3. The first-order valence-corrected chi connectivity index (χ1v) is 15.6. The van der Waals surface area contributed by atoms with Crippen LogP contribution in [-0.4, -0.2) is 62.9 Å². The summed E-state index contributed by atoms with van der Waals surface area (Å²) in [6, 6.07) is 19.6. The second-order valence-corrected chi connectivity index (χ2v) is 13.1. The van der Waals surface area contributed by atoms with Gasteiger partial charge >= 0.3 is 0 Å². The highest BCUT2D eigenvalue weighted by molar-refractivity contribution is 5.85. The molecule has 0 amide bonds. The van der Waals surface area contributed by atoms with Crippen LogP contribution in [0.1, 0.15) is 45.5 Å². The lowest BCUT2D eigenvalue weighted by molar-refractivity contribution is -0.923. The average molecular weight is 682 g/mol. The first-order valence-electron chi connectivity index (χ1n) is 15.6. The van der Waals surface area contributed by atoms with Gasteiger partial charge in [0, 0.05) is 25.4 Å². The molecule has 0 saturated carbocycles. The lowest BCUT2D eigenvalue weighted by atomic mass is 9.86. The second kappa shape index (κ2) is 13.4. The molecule has 6 bridgehead atoms. The van der Waals surface area contributed by atoms with E-state index >= 15 is 0 Å². The maximum absolute atomic E-state index is 13.8. The lowest BCUT2D eigenvalue weighted by Gasteiger charge is -2.44. The van der Waals surface area contributed by atoms with Gasteiger partial charge in [-0.1, -0.05) is 18.2 Å². The first-order chi connectivity index (χ1) is 21.6. The number of ether oxygens (including phenoxy) is 4. The number of phenols is 1. The molecule has 8 nitrogen and oxygen atoms in total. The van der Waals surface area contributed by atoms with Crippen molar-refractivity contribution in [3.63, 3.8) is 0 Å². The molecule has 8 rings (SSSR count). The van der Waals surface area contributed by atoms with Crippen molar-refractivity contribution in [2.45, 2.75) is 37.8 Å². The van der Waals surface area contributed by atoms with Crippen molar-refractivity contribution < 1.29 is 33.6 Å². The maximum atomic E-state index is 13.8. The van der Waals surface area contributed by atoms with E-state index in [1.54, 1.807) is 13.2 Å². The van der Waals surface area contributed by atoms with Crippen LogP contribution in [0, 0.1) is 0 Å². The number of quaternary nitrogens is 1. The summed E-state index contributed by atoms with van der Waals surface area (Å²) in [5.74, 6) is 2.59. The first kappa shape index (κ1) is 34.5. The zero-order valence-corrected chi connectivity index (χ0v) is 29.0. The Bertz CT molecular complexity index is 1780. The Hall–Kier alpha value is -3.82. The Labute approximate surface area is 288 Å². The van der Waals surface area contributed by atoms with Gasteiger partial charge in [-0.2, -0.15) is 0 Å². The number of aromatic hydroxyl groups is 1. The Morgan fingerprint density at radius 3 is 2.26 bits per heavy atom. The zero-order valence-electron chi connectivity index (χ0n) is 27.4. The number of hydrogen-bond acceptors (Lipinski definition) is 7. The van der Waals surface area contributed by atoms with Gasteiger partial charge in [0.1, 0.15) is 23.3 Å². The van der Waals surface area contributed by atoms with Gasteiger partial charge in [0.05, 0.1) is 40.4 Å². The third-order valence-corrected chi connectivity index (χ3v) is 9.98. The van der Waals surface area contributed by atoms with Gasteiger partial charge in [-0.15, -0.1) is 24.8 Å². The Kier molecular flexibility index (Phi) is 9.81. The molecule has 0 aromatic heterocycles. The zero-order chi connectivity index (χ0) is 31.5. The van der Waals surface area contributed by atoms with Crippen molar-refractivity contribution >= 4 is 24.8 Å². The molecule has 10 heteroatoms. The standard InChI is InChI=1S/C37H40N2O6.2ClH/c1-38-14-12-24-19-32(42-4)33-21-27(24)28(38)16-22-6-9-26(10-7-22)44-37-35-25(20-34(43-5)36(37)41)13-15-39(2,3)29(35)17-23-8-11-30(40)31(18-23)45-33;;/h6-11,18-21,28-29H,12-17H2,1-5H3,(H-,40,41);2*1H/t28-,29?;;/m0../s1. The highest BCUT2D eigenvalue weighted by atomic mass is 35.5. The van der Waals surface area contributed by atoms with Crippen molar-refractivity contribution in [3.8, 4) is 46.0 Å². The molecule has 47 heavy (non-hydrogen) atoms. The van der Waals surface area contributed by atoms with E-state index in [9.17, 15) is 10.2 Å². The van der Waals surface area contributed by atoms with Gasteiger partial charge < -0.3 is 33.6 Å². The van der Waals surface area contributed by atoms with E-state index < -0.39 is 0 Å². The van der Waals surface area contributed by atoms with Crippen LogP contribution in [0.3, 0.4) is 0 Å². The summed E-state index contributed by atoms with van der Waals surface area (Å²) in [6.07, 6.45) is 3.09. The highest BCUT2D eigenvalue weighted by Gasteiger charge is 2.39. The molecule has 0 aliphatic carbocycles. The van der Waals surface area contributed by atoms with E-state index in [0.717, 1.165) is 54.6 Å². The molecule has 4 heterocycles. The molecule has 1 unspecified atom stereocenters. The molecular weight excluding hydrogens is 639 g/mol. The second-order valence-electron chi connectivity index (χ2n) is 13.1. The number of methoxy groups -OCH3 is 2. The fourth-order valence-corrected chi connectivity index (χ4v) is 7.25. The van der Waals surface area contributed by atoms with Crippen molar-refractivity contribution in [2.75, 3.05) is 48.5 Å². The van der Waals surface area contributed by atoms with E-state index in [1.807, 2.05) is 30.3 Å². The highest BCUT2D eigenvalue weighted by Crippen LogP contribution is 2.50. The third kappa shape index (κ3) is 6.27. The fraction of sp³-hybridized carbons (Fsp3) is 0.351. The Morgan fingerprint density at radius 1 is 0.830 bits per heavy atom. The molecule has 4 aromatic carbocycles. The molecule has 4 aromatic rings. The van der Waals surface area contributed by atoms with Gasteiger partial charge in [-0.25, -0.2) is 0 Å². The summed E-state index contributed by atoms with van der Waals surface area (Å²) in [6.45, 7) is 1.81. The maximum Gasteiger partial charge on any atom is 0.169 e. The summed E-state index contributed by atoms with van der Waals surface area (Å²) in [7, 11) is 9.71. The average Bonchev–Trinajstić information content (AvgIpc) is 3.03. The minimum atomic E-state index is -0.252. The molecule has 0 spiro atoms. The summed E-state index contributed by atoms with van der Waals surface area (Å²) in [4.78, 5) is 2.37. The van der Waals surface area contributed by atoms with Crippen molar-refractivity contribution in [1.82, 2.24) is 4.90 Å². The number of likely N-dealkylation sites (N-methyl/N-ethyl adjacent to an activating group) is 2. The van der Waals surface area contributed by atoms with Crippen molar-refractivity contribution in [1.29, 1.82) is 0 Å². The minimum Gasteiger partial charge on any atom is -0.867 e. The number of fused-ring (bicyclic) bond motifs is 2. The van der Waals surface area contributed by atoms with Gasteiger partial charge in [0.2, 0.25) is 0 Å². The molecule has 0 saturated heterocycles. The lowest BCUT2D eigenvalue weighted by Crippen LogP contribution is -2.48. The Morgan fingerprint density at radius 2 is 1.53 bits per heavy atom. The van der Waals surface area contributed by atoms with Gasteiger partial charge in [-0.05, 0) is 95.9 Å². The number of rotatable bonds is 2. The number of halogens is 2. The van der Waals surface area contributed by atoms with Gasteiger partial charge in [-0.3, -0.25) is 4.90 Å². The van der Waals surface area contributed by atoms with E-state index in [4.69, 9.17) is 18.9 Å². The van der Waals surface area contributed by atoms with E-state index in [-0.39, 0.29) is 48.4 Å². The van der Waals surface area contributed by atoms with E-state index in [1.165, 1.54) is 18.2 Å². The predicted molar refractivity (Wildman–Crippen MR) is 185 cm³/mol. The molecule has 250 valence electrons. The van der Waals surface area contributed by atoms with Crippen molar-refractivity contribution in [2.24, 2.45) is 0 Å². The quantitative estimate of drug-likeness (QED) is 0.230. The van der Waals surface area contributed by atoms with Crippen LogP contribution in [0.15, 0.2) is 60.7 Å². The molecule has 0 fully saturated rings. The molecule has 4 aliphatic heterocycles. The van der Waals surface area contributed by atoms with E-state index in [2.05, 4.69) is 50.3 Å². The van der Waals surface area contributed by atoms with Crippen LogP contribution in [0.5, 0.6) is 46.0 Å². The topological polar surface area (TPSA) is 83.5 Å². The minimum absolute atomic E-state index is 0. The van der Waals surface area contributed by atoms with Gasteiger partial charge in [0.25, 0.3) is 0 Å².